The second-order valence-electron chi connectivity index (χ2n) is 3.64. The first-order valence-electron chi connectivity index (χ1n) is 5.06. The number of hydrogen-bond acceptors (Lipinski definition) is 5. The van der Waals surface area contributed by atoms with Crippen LogP contribution in [-0.4, -0.2) is 46.8 Å². The van der Waals surface area contributed by atoms with E-state index in [9.17, 15) is 4.79 Å². The maximum Gasteiger partial charge on any atom is 0.334 e. The Balaban J connectivity index is 2.12. The van der Waals surface area contributed by atoms with Gasteiger partial charge in [-0.15, -0.1) is 0 Å². The Hall–Kier alpha value is -1.69. The van der Waals surface area contributed by atoms with Crippen LogP contribution in [0.2, 0.25) is 0 Å². The van der Waals surface area contributed by atoms with Gasteiger partial charge in [-0.25, -0.2) is 14.8 Å². The van der Waals surface area contributed by atoms with E-state index in [1.807, 2.05) is 11.8 Å². The van der Waals surface area contributed by atoms with E-state index in [0.717, 1.165) is 5.69 Å². The van der Waals surface area contributed by atoms with Gasteiger partial charge in [0, 0.05) is 18.4 Å². The second kappa shape index (κ2) is 4.44. The average molecular weight is 223 g/mol. The Morgan fingerprint density at radius 1 is 1.69 bits per heavy atom. The monoisotopic (exact) mass is 223 g/mol. The number of ether oxygens (including phenoxy) is 1. The quantitative estimate of drug-likeness (QED) is 0.765. The molecule has 0 bridgehead atoms. The van der Waals surface area contributed by atoms with Crippen molar-refractivity contribution in [2.45, 2.75) is 13.0 Å². The molecule has 0 radical (unpaired) electrons. The molecule has 2 rings (SSSR count). The number of aliphatic carboxylic acids is 1. The van der Waals surface area contributed by atoms with Gasteiger partial charge in [0.15, 0.2) is 6.10 Å². The van der Waals surface area contributed by atoms with E-state index in [-0.39, 0.29) is 0 Å². The number of nitrogens with zero attached hydrogens (tertiary/aromatic N) is 3. The van der Waals surface area contributed by atoms with Crippen molar-refractivity contribution in [3.05, 3.63) is 18.0 Å². The van der Waals surface area contributed by atoms with Crippen molar-refractivity contribution >= 4 is 11.9 Å². The van der Waals surface area contributed by atoms with Gasteiger partial charge in [-0.3, -0.25) is 0 Å². The highest BCUT2D eigenvalue weighted by Crippen LogP contribution is 2.12. The number of aryl methyl sites for hydroxylation is 1. The van der Waals surface area contributed by atoms with Gasteiger partial charge in [0.25, 0.3) is 0 Å². The van der Waals surface area contributed by atoms with Gasteiger partial charge in [-0.2, -0.15) is 0 Å². The topological polar surface area (TPSA) is 75.6 Å². The van der Waals surface area contributed by atoms with Gasteiger partial charge in [0.05, 0.1) is 13.2 Å². The van der Waals surface area contributed by atoms with E-state index in [1.54, 1.807) is 12.3 Å². The molecule has 1 atom stereocenters. The largest absolute Gasteiger partial charge is 0.479 e. The molecule has 1 fully saturated rings. The van der Waals surface area contributed by atoms with Crippen molar-refractivity contribution < 1.29 is 14.6 Å². The van der Waals surface area contributed by atoms with Gasteiger partial charge in [-0.05, 0) is 13.0 Å². The average Bonchev–Trinajstić information content (AvgIpc) is 2.29. The molecule has 6 nitrogen and oxygen atoms in total. The number of anilines is 1. The van der Waals surface area contributed by atoms with Crippen molar-refractivity contribution in [2.75, 3.05) is 24.6 Å². The number of carboxylic acid groups (broad SMARTS) is 1. The number of morpholine rings is 1. The number of carbonyl (C=O) groups is 1. The summed E-state index contributed by atoms with van der Waals surface area (Å²) in [7, 11) is 0. The Bertz CT molecular complexity index is 397. The smallest absolute Gasteiger partial charge is 0.334 e. The van der Waals surface area contributed by atoms with Crippen molar-refractivity contribution in [1.82, 2.24) is 9.97 Å². The highest BCUT2D eigenvalue weighted by molar-refractivity contribution is 5.73. The fourth-order valence-corrected chi connectivity index (χ4v) is 1.57. The van der Waals surface area contributed by atoms with Gasteiger partial charge in [-0.1, -0.05) is 0 Å². The fourth-order valence-electron chi connectivity index (χ4n) is 1.57. The maximum absolute atomic E-state index is 10.8. The Morgan fingerprint density at radius 2 is 2.50 bits per heavy atom. The summed E-state index contributed by atoms with van der Waals surface area (Å²) in [5.41, 5.74) is 0.864. The number of rotatable bonds is 2. The van der Waals surface area contributed by atoms with E-state index in [1.165, 1.54) is 0 Å². The minimum atomic E-state index is -0.947. The molecule has 1 aromatic rings. The summed E-state index contributed by atoms with van der Waals surface area (Å²) in [6.07, 6.45) is 0.876. The summed E-state index contributed by atoms with van der Waals surface area (Å²) < 4.78 is 5.12. The molecule has 1 aliphatic rings. The van der Waals surface area contributed by atoms with Gasteiger partial charge in [0.2, 0.25) is 5.95 Å². The molecule has 1 N–H and O–H groups in total. The molecule has 86 valence electrons. The summed E-state index contributed by atoms with van der Waals surface area (Å²) in [5.74, 6) is -0.382. The van der Waals surface area contributed by atoms with E-state index < -0.39 is 12.1 Å². The number of hydrogen-bond donors (Lipinski definition) is 1. The first-order valence-corrected chi connectivity index (χ1v) is 5.06. The summed E-state index contributed by atoms with van der Waals surface area (Å²) in [6.45, 7) is 3.17. The summed E-state index contributed by atoms with van der Waals surface area (Å²) in [6, 6.07) is 1.80. The zero-order valence-electron chi connectivity index (χ0n) is 8.96. The van der Waals surface area contributed by atoms with E-state index in [0.29, 0.717) is 25.6 Å². The van der Waals surface area contributed by atoms with Crippen LogP contribution in [0.1, 0.15) is 5.69 Å². The third-order valence-electron chi connectivity index (χ3n) is 2.41. The summed E-state index contributed by atoms with van der Waals surface area (Å²) in [5, 5.41) is 8.87. The lowest BCUT2D eigenvalue weighted by molar-refractivity contribution is -0.150. The highest BCUT2D eigenvalue weighted by atomic mass is 16.5. The molecule has 1 saturated heterocycles. The lowest BCUT2D eigenvalue weighted by atomic mass is 10.3. The normalized spacial score (nSPS) is 20.8. The molecular weight excluding hydrogens is 210 g/mol. The third-order valence-corrected chi connectivity index (χ3v) is 2.41. The van der Waals surface area contributed by atoms with Crippen molar-refractivity contribution in [3.8, 4) is 0 Å². The van der Waals surface area contributed by atoms with Gasteiger partial charge >= 0.3 is 5.97 Å². The van der Waals surface area contributed by atoms with Crippen LogP contribution in [0.15, 0.2) is 12.3 Å². The first kappa shape index (κ1) is 10.8. The number of carboxylic acids is 1. The molecule has 2 heterocycles. The van der Waals surface area contributed by atoms with E-state index in [2.05, 4.69) is 9.97 Å². The fraction of sp³-hybridized carbons (Fsp3) is 0.500. The lowest BCUT2D eigenvalue weighted by Gasteiger charge is -2.30. The molecule has 1 aliphatic heterocycles. The van der Waals surface area contributed by atoms with Crippen molar-refractivity contribution in [2.24, 2.45) is 0 Å². The van der Waals surface area contributed by atoms with E-state index in [4.69, 9.17) is 9.84 Å². The van der Waals surface area contributed by atoms with E-state index >= 15 is 0 Å². The van der Waals surface area contributed by atoms with Crippen LogP contribution < -0.4 is 4.90 Å². The van der Waals surface area contributed by atoms with Crippen LogP contribution in [0.4, 0.5) is 5.95 Å². The summed E-state index contributed by atoms with van der Waals surface area (Å²) in [4.78, 5) is 21.0. The zero-order chi connectivity index (χ0) is 11.5. The van der Waals surface area contributed by atoms with Crippen molar-refractivity contribution in [1.29, 1.82) is 0 Å². The molecular formula is C10H13N3O3. The van der Waals surface area contributed by atoms with Crippen LogP contribution in [0.25, 0.3) is 0 Å². The molecule has 1 unspecified atom stereocenters. The third kappa shape index (κ3) is 2.27. The second-order valence-corrected chi connectivity index (χ2v) is 3.64. The molecule has 0 aliphatic carbocycles. The minimum absolute atomic E-state index is 0.290. The predicted molar refractivity (Wildman–Crippen MR) is 56.4 cm³/mol. The summed E-state index contributed by atoms with van der Waals surface area (Å²) >= 11 is 0. The standard InChI is InChI=1S/C10H13N3O3/c1-7-2-3-11-10(12-7)13-4-5-16-8(6-13)9(14)15/h2-3,8H,4-6H2,1H3,(H,14,15). The van der Waals surface area contributed by atoms with Crippen LogP contribution in [0.5, 0.6) is 0 Å². The Kier molecular flexibility index (Phi) is 3.00. The SMILES string of the molecule is Cc1ccnc(N2CCOC(C(=O)O)C2)n1. The minimum Gasteiger partial charge on any atom is -0.479 e. The molecule has 1 aromatic heterocycles. The zero-order valence-corrected chi connectivity index (χ0v) is 8.96. The molecule has 0 spiro atoms. The van der Waals surface area contributed by atoms with Gasteiger partial charge < -0.3 is 14.7 Å². The molecule has 16 heavy (non-hydrogen) atoms. The van der Waals surface area contributed by atoms with Crippen LogP contribution in [-0.2, 0) is 9.53 Å². The molecule has 0 saturated carbocycles. The Labute approximate surface area is 92.9 Å². The number of aromatic nitrogens is 2. The van der Waals surface area contributed by atoms with Crippen LogP contribution in [0.3, 0.4) is 0 Å². The predicted octanol–water partition coefficient (Wildman–Crippen LogP) is 0.0748. The lowest BCUT2D eigenvalue weighted by Crippen LogP contribution is -2.46. The van der Waals surface area contributed by atoms with Crippen LogP contribution >= 0.6 is 0 Å². The maximum atomic E-state index is 10.8. The molecule has 0 aromatic carbocycles. The highest BCUT2D eigenvalue weighted by Gasteiger charge is 2.27. The van der Waals surface area contributed by atoms with Gasteiger partial charge in [0.1, 0.15) is 0 Å². The first-order chi connectivity index (χ1) is 7.66. The molecule has 0 amide bonds. The Morgan fingerprint density at radius 3 is 3.19 bits per heavy atom. The van der Waals surface area contributed by atoms with Crippen LogP contribution in [0, 0.1) is 6.92 Å². The van der Waals surface area contributed by atoms with Crippen molar-refractivity contribution in [3.63, 3.8) is 0 Å². The molecule has 6 heteroatoms.